The molecule has 0 aliphatic carbocycles. The zero-order chi connectivity index (χ0) is 13.8. The minimum absolute atomic E-state index is 0.353. The van der Waals surface area contributed by atoms with E-state index >= 15 is 0 Å². The smallest absolute Gasteiger partial charge is 0.0802 e. The van der Waals surface area contributed by atoms with Gasteiger partial charge in [-0.25, -0.2) is 0 Å². The van der Waals surface area contributed by atoms with E-state index in [1.54, 1.807) is 0 Å². The monoisotopic (exact) mass is 267 g/mol. The van der Waals surface area contributed by atoms with Crippen LogP contribution in [0.15, 0.2) is 54.6 Å². The van der Waals surface area contributed by atoms with E-state index in [1.165, 1.54) is 11.1 Å². The molecule has 0 spiro atoms. The van der Waals surface area contributed by atoms with Gasteiger partial charge in [0.05, 0.1) is 6.10 Å². The van der Waals surface area contributed by atoms with Crippen LogP contribution < -0.4 is 0 Å². The summed E-state index contributed by atoms with van der Waals surface area (Å²) in [6.07, 6.45) is 1.57. The van der Waals surface area contributed by atoms with Crippen LogP contribution in [0.25, 0.3) is 0 Å². The van der Waals surface area contributed by atoms with Gasteiger partial charge in [0.25, 0.3) is 0 Å². The van der Waals surface area contributed by atoms with Crippen LogP contribution in [-0.4, -0.2) is 23.1 Å². The minimum Gasteiger partial charge on any atom is -0.388 e. The van der Waals surface area contributed by atoms with Crippen molar-refractivity contribution in [2.24, 2.45) is 0 Å². The van der Waals surface area contributed by atoms with E-state index in [0.29, 0.717) is 0 Å². The Hall–Kier alpha value is -1.64. The minimum atomic E-state index is -0.353. The number of aliphatic hydroxyl groups excluding tert-OH is 1. The standard InChI is InChI=1S/C18H21NO/c20-18(16-7-2-1-3-8-16)11-13-19-12-10-15-6-4-5-9-17(15)14-19/h1-9,18,20H,10-14H2/t18-/m1/s1. The summed E-state index contributed by atoms with van der Waals surface area (Å²) in [7, 11) is 0. The van der Waals surface area contributed by atoms with Crippen molar-refractivity contribution in [3.8, 4) is 0 Å². The Labute approximate surface area is 120 Å². The molecular weight excluding hydrogens is 246 g/mol. The van der Waals surface area contributed by atoms with Gasteiger partial charge < -0.3 is 5.11 Å². The molecule has 0 radical (unpaired) electrons. The van der Waals surface area contributed by atoms with E-state index in [2.05, 4.69) is 29.2 Å². The molecule has 2 heteroatoms. The summed E-state index contributed by atoms with van der Waals surface area (Å²) >= 11 is 0. The number of aliphatic hydroxyl groups is 1. The number of hydrogen-bond acceptors (Lipinski definition) is 2. The number of nitrogens with zero attached hydrogens (tertiary/aromatic N) is 1. The molecule has 0 bridgehead atoms. The summed E-state index contributed by atoms with van der Waals surface area (Å²) in [5.74, 6) is 0. The van der Waals surface area contributed by atoms with Crippen molar-refractivity contribution in [2.45, 2.75) is 25.5 Å². The third kappa shape index (κ3) is 3.09. The third-order valence-electron chi connectivity index (χ3n) is 4.11. The Morgan fingerprint density at radius 1 is 0.950 bits per heavy atom. The van der Waals surface area contributed by atoms with E-state index in [0.717, 1.165) is 38.0 Å². The van der Waals surface area contributed by atoms with Crippen molar-refractivity contribution in [1.82, 2.24) is 4.90 Å². The van der Waals surface area contributed by atoms with Crippen molar-refractivity contribution >= 4 is 0 Å². The zero-order valence-corrected chi connectivity index (χ0v) is 11.7. The highest BCUT2D eigenvalue weighted by atomic mass is 16.3. The van der Waals surface area contributed by atoms with Gasteiger partial charge in [-0.1, -0.05) is 54.6 Å². The number of hydrogen-bond donors (Lipinski definition) is 1. The molecule has 2 aromatic carbocycles. The van der Waals surface area contributed by atoms with Crippen LogP contribution >= 0.6 is 0 Å². The lowest BCUT2D eigenvalue weighted by Crippen LogP contribution is -2.32. The first-order chi connectivity index (χ1) is 9.83. The normalized spacial score (nSPS) is 16.6. The Bertz CT molecular complexity index is 552. The van der Waals surface area contributed by atoms with Crippen molar-refractivity contribution < 1.29 is 5.11 Å². The Morgan fingerprint density at radius 3 is 2.45 bits per heavy atom. The lowest BCUT2D eigenvalue weighted by atomic mass is 9.99. The van der Waals surface area contributed by atoms with Crippen LogP contribution in [0.5, 0.6) is 0 Å². The maximum Gasteiger partial charge on any atom is 0.0802 e. The summed E-state index contributed by atoms with van der Waals surface area (Å²) in [6, 6.07) is 18.6. The van der Waals surface area contributed by atoms with Crippen LogP contribution in [-0.2, 0) is 13.0 Å². The molecule has 104 valence electrons. The van der Waals surface area contributed by atoms with Gasteiger partial charge in [-0.2, -0.15) is 0 Å². The van der Waals surface area contributed by atoms with Crippen LogP contribution in [0.4, 0.5) is 0 Å². The van der Waals surface area contributed by atoms with E-state index in [-0.39, 0.29) is 6.10 Å². The summed E-state index contributed by atoms with van der Waals surface area (Å²) < 4.78 is 0. The number of rotatable bonds is 4. The van der Waals surface area contributed by atoms with Crippen molar-refractivity contribution in [1.29, 1.82) is 0 Å². The Kier molecular flexibility index (Phi) is 4.14. The maximum absolute atomic E-state index is 10.2. The fraction of sp³-hybridized carbons (Fsp3) is 0.333. The van der Waals surface area contributed by atoms with Gasteiger partial charge in [0.2, 0.25) is 0 Å². The Balaban J connectivity index is 1.55. The van der Waals surface area contributed by atoms with Crippen molar-refractivity contribution in [3.05, 3.63) is 71.3 Å². The molecule has 1 aliphatic heterocycles. The van der Waals surface area contributed by atoms with Gasteiger partial charge in [-0.15, -0.1) is 0 Å². The zero-order valence-electron chi connectivity index (χ0n) is 11.7. The van der Waals surface area contributed by atoms with Gasteiger partial charge in [-0.3, -0.25) is 4.90 Å². The average molecular weight is 267 g/mol. The summed E-state index contributed by atoms with van der Waals surface area (Å²) in [5, 5.41) is 10.2. The molecule has 0 saturated carbocycles. The number of benzene rings is 2. The maximum atomic E-state index is 10.2. The molecule has 1 atom stereocenters. The van der Waals surface area contributed by atoms with E-state index in [9.17, 15) is 5.11 Å². The molecule has 0 fully saturated rings. The molecule has 0 saturated heterocycles. The first-order valence-electron chi connectivity index (χ1n) is 7.35. The predicted molar refractivity (Wildman–Crippen MR) is 81.4 cm³/mol. The molecule has 0 unspecified atom stereocenters. The van der Waals surface area contributed by atoms with Crippen LogP contribution in [0, 0.1) is 0 Å². The molecule has 1 aliphatic rings. The number of fused-ring (bicyclic) bond motifs is 1. The molecule has 20 heavy (non-hydrogen) atoms. The summed E-state index contributed by atoms with van der Waals surface area (Å²) in [5.41, 5.74) is 3.94. The highest BCUT2D eigenvalue weighted by molar-refractivity contribution is 5.29. The molecule has 3 rings (SSSR count). The van der Waals surface area contributed by atoms with Gasteiger partial charge in [0.1, 0.15) is 0 Å². The molecule has 2 nitrogen and oxygen atoms in total. The van der Waals surface area contributed by atoms with Crippen molar-refractivity contribution in [2.75, 3.05) is 13.1 Å². The Morgan fingerprint density at radius 2 is 1.65 bits per heavy atom. The summed E-state index contributed by atoms with van der Waals surface area (Å²) in [6.45, 7) is 3.06. The topological polar surface area (TPSA) is 23.5 Å². The summed E-state index contributed by atoms with van der Waals surface area (Å²) in [4.78, 5) is 2.44. The van der Waals surface area contributed by atoms with E-state index < -0.39 is 0 Å². The highest BCUT2D eigenvalue weighted by Gasteiger charge is 2.16. The second-order valence-electron chi connectivity index (χ2n) is 5.51. The average Bonchev–Trinajstić information content (AvgIpc) is 2.53. The second kappa shape index (κ2) is 6.21. The molecule has 0 aromatic heterocycles. The van der Waals surface area contributed by atoms with Gasteiger partial charge in [0.15, 0.2) is 0 Å². The van der Waals surface area contributed by atoms with Gasteiger partial charge in [0, 0.05) is 19.6 Å². The second-order valence-corrected chi connectivity index (χ2v) is 5.51. The highest BCUT2D eigenvalue weighted by Crippen LogP contribution is 2.21. The first-order valence-corrected chi connectivity index (χ1v) is 7.35. The van der Waals surface area contributed by atoms with Gasteiger partial charge in [-0.05, 0) is 29.5 Å². The molecular formula is C18H21NO. The fourth-order valence-corrected chi connectivity index (χ4v) is 2.89. The van der Waals surface area contributed by atoms with Crippen LogP contribution in [0.1, 0.15) is 29.2 Å². The fourth-order valence-electron chi connectivity index (χ4n) is 2.89. The third-order valence-corrected chi connectivity index (χ3v) is 4.11. The van der Waals surface area contributed by atoms with Crippen LogP contribution in [0.2, 0.25) is 0 Å². The SMILES string of the molecule is O[C@H](CCN1CCc2ccccc2C1)c1ccccc1. The van der Waals surface area contributed by atoms with Crippen LogP contribution in [0.3, 0.4) is 0 Å². The van der Waals surface area contributed by atoms with Gasteiger partial charge >= 0.3 is 0 Å². The largest absolute Gasteiger partial charge is 0.388 e. The lowest BCUT2D eigenvalue weighted by Gasteiger charge is -2.29. The first kappa shape index (κ1) is 13.3. The quantitative estimate of drug-likeness (QED) is 0.919. The molecule has 2 aromatic rings. The van der Waals surface area contributed by atoms with E-state index in [4.69, 9.17) is 0 Å². The van der Waals surface area contributed by atoms with E-state index in [1.807, 2.05) is 30.3 Å². The molecule has 1 heterocycles. The lowest BCUT2D eigenvalue weighted by molar-refractivity contribution is 0.137. The molecule has 1 N–H and O–H groups in total. The predicted octanol–water partition coefficient (Wildman–Crippen LogP) is 3.17. The molecule has 0 amide bonds. The van der Waals surface area contributed by atoms with Crippen molar-refractivity contribution in [3.63, 3.8) is 0 Å².